The van der Waals surface area contributed by atoms with Gasteiger partial charge in [-0.2, -0.15) is 0 Å². The lowest BCUT2D eigenvalue weighted by Gasteiger charge is -2.07. The molecule has 1 atom stereocenters. The molecule has 1 rings (SSSR count). The Morgan fingerprint density at radius 1 is 1.12 bits per heavy atom. The van der Waals surface area contributed by atoms with Gasteiger partial charge in [0.25, 0.3) is 0 Å². The van der Waals surface area contributed by atoms with E-state index in [2.05, 4.69) is 53.2 Å². The minimum absolute atomic E-state index is 0.735. The van der Waals surface area contributed by atoms with E-state index in [9.17, 15) is 0 Å². The summed E-state index contributed by atoms with van der Waals surface area (Å²) in [6.45, 7) is 2.25. The molecule has 1 aromatic rings. The molecule has 90 valence electrons. The Hall–Kier alpha value is 0.0500. The van der Waals surface area contributed by atoms with Crippen LogP contribution in [0.15, 0.2) is 35.2 Å². The first-order valence-corrected chi connectivity index (χ1v) is 8.05. The highest BCUT2D eigenvalue weighted by Crippen LogP contribution is 2.20. The third-order valence-electron chi connectivity index (χ3n) is 2.53. The predicted octanol–water partition coefficient (Wildman–Crippen LogP) is 5.51. The fraction of sp³-hybridized carbons (Fsp3) is 0.571. The zero-order valence-corrected chi connectivity index (χ0v) is 12.4. The topological polar surface area (TPSA) is 0 Å². The molecule has 0 aliphatic heterocycles. The molecule has 1 unspecified atom stereocenters. The van der Waals surface area contributed by atoms with E-state index < -0.39 is 0 Å². The van der Waals surface area contributed by atoms with Crippen molar-refractivity contribution in [2.45, 2.75) is 48.8 Å². The number of thioether (sulfide) groups is 1. The number of alkyl halides is 1. The molecular weight excluding hydrogens is 280 g/mol. The van der Waals surface area contributed by atoms with Gasteiger partial charge in [0, 0.05) is 9.72 Å². The Bertz CT molecular complexity index is 261. The summed E-state index contributed by atoms with van der Waals surface area (Å²) in [6.07, 6.45) is 6.59. The van der Waals surface area contributed by atoms with Crippen LogP contribution >= 0.6 is 27.7 Å². The quantitative estimate of drug-likeness (QED) is 0.346. The molecule has 0 amide bonds. The van der Waals surface area contributed by atoms with Gasteiger partial charge in [-0.15, -0.1) is 11.8 Å². The lowest BCUT2D eigenvalue weighted by Crippen LogP contribution is -1.96. The second kappa shape index (κ2) is 9.12. The number of hydrogen-bond acceptors (Lipinski definition) is 1. The number of unbranched alkanes of at least 4 members (excludes halogenated alkanes) is 1. The van der Waals surface area contributed by atoms with E-state index in [-0.39, 0.29) is 0 Å². The molecule has 0 fully saturated rings. The molecule has 1 aromatic carbocycles. The van der Waals surface area contributed by atoms with Crippen molar-refractivity contribution < 1.29 is 0 Å². The standard InChI is InChI=1S/C14H21BrS/c1-2-8-13(15)9-6-7-12-16-14-10-4-3-5-11-14/h3-5,10-11,13H,2,6-9,12H2,1H3. The summed E-state index contributed by atoms with van der Waals surface area (Å²) in [6, 6.07) is 10.7. The monoisotopic (exact) mass is 300 g/mol. The van der Waals surface area contributed by atoms with Gasteiger partial charge in [-0.1, -0.05) is 53.9 Å². The van der Waals surface area contributed by atoms with Gasteiger partial charge in [0.05, 0.1) is 0 Å². The van der Waals surface area contributed by atoms with E-state index in [4.69, 9.17) is 0 Å². The summed E-state index contributed by atoms with van der Waals surface area (Å²) in [5.74, 6) is 1.25. The molecule has 0 saturated carbocycles. The van der Waals surface area contributed by atoms with Crippen LogP contribution in [0.4, 0.5) is 0 Å². The predicted molar refractivity (Wildman–Crippen MR) is 78.6 cm³/mol. The van der Waals surface area contributed by atoms with Crippen molar-refractivity contribution in [1.29, 1.82) is 0 Å². The lowest BCUT2D eigenvalue weighted by atomic mass is 10.1. The van der Waals surface area contributed by atoms with Gasteiger partial charge in [0.1, 0.15) is 0 Å². The molecule has 0 bridgehead atoms. The third-order valence-corrected chi connectivity index (χ3v) is 4.54. The van der Waals surface area contributed by atoms with Crippen LogP contribution < -0.4 is 0 Å². The van der Waals surface area contributed by atoms with Crippen molar-refractivity contribution in [3.8, 4) is 0 Å². The molecule has 0 aliphatic rings. The van der Waals surface area contributed by atoms with E-state index in [1.165, 1.54) is 42.8 Å². The maximum absolute atomic E-state index is 3.73. The molecule has 0 aliphatic carbocycles. The van der Waals surface area contributed by atoms with Gasteiger partial charge < -0.3 is 0 Å². The molecule has 0 N–H and O–H groups in total. The average Bonchev–Trinajstić information content (AvgIpc) is 2.30. The van der Waals surface area contributed by atoms with Crippen LogP contribution in [0.1, 0.15) is 39.0 Å². The van der Waals surface area contributed by atoms with E-state index in [1.54, 1.807) is 0 Å². The van der Waals surface area contributed by atoms with Crippen molar-refractivity contribution in [3.05, 3.63) is 30.3 Å². The van der Waals surface area contributed by atoms with Gasteiger partial charge in [-0.3, -0.25) is 0 Å². The molecule has 0 heterocycles. The maximum Gasteiger partial charge on any atom is 0.0145 e. The molecule has 2 heteroatoms. The van der Waals surface area contributed by atoms with Crippen molar-refractivity contribution >= 4 is 27.7 Å². The zero-order chi connectivity index (χ0) is 11.6. The second-order valence-corrected chi connectivity index (χ2v) is 6.51. The van der Waals surface area contributed by atoms with Crippen molar-refractivity contribution in [1.82, 2.24) is 0 Å². The third kappa shape index (κ3) is 6.59. The summed E-state index contributed by atoms with van der Waals surface area (Å²) in [5.41, 5.74) is 0. The Morgan fingerprint density at radius 3 is 2.56 bits per heavy atom. The summed E-state index contributed by atoms with van der Waals surface area (Å²) in [5, 5.41) is 0. The first-order valence-electron chi connectivity index (χ1n) is 6.15. The van der Waals surface area contributed by atoms with Crippen LogP contribution in [-0.4, -0.2) is 10.6 Å². The fourth-order valence-corrected chi connectivity index (χ4v) is 3.35. The van der Waals surface area contributed by atoms with Crippen LogP contribution in [0.25, 0.3) is 0 Å². The Balaban J connectivity index is 2.00. The molecule has 0 saturated heterocycles. The van der Waals surface area contributed by atoms with Gasteiger partial charge in [-0.25, -0.2) is 0 Å². The normalized spacial score (nSPS) is 12.6. The number of halogens is 1. The highest BCUT2D eigenvalue weighted by molar-refractivity contribution is 9.09. The van der Waals surface area contributed by atoms with Crippen molar-refractivity contribution in [2.75, 3.05) is 5.75 Å². The number of rotatable bonds is 8. The molecule has 0 spiro atoms. The van der Waals surface area contributed by atoms with E-state index in [1.807, 2.05) is 11.8 Å². The zero-order valence-electron chi connectivity index (χ0n) is 9.99. The van der Waals surface area contributed by atoms with Crippen molar-refractivity contribution in [3.63, 3.8) is 0 Å². The van der Waals surface area contributed by atoms with Gasteiger partial charge in [-0.05, 0) is 37.1 Å². The first-order chi connectivity index (χ1) is 7.83. The Labute approximate surface area is 112 Å². The summed E-state index contributed by atoms with van der Waals surface area (Å²) >= 11 is 5.70. The van der Waals surface area contributed by atoms with Gasteiger partial charge in [0.2, 0.25) is 0 Å². The Morgan fingerprint density at radius 2 is 1.88 bits per heavy atom. The fourth-order valence-electron chi connectivity index (χ4n) is 1.63. The number of benzene rings is 1. The maximum atomic E-state index is 3.73. The molecule has 0 radical (unpaired) electrons. The molecular formula is C14H21BrS. The van der Waals surface area contributed by atoms with Crippen LogP contribution in [0.5, 0.6) is 0 Å². The minimum Gasteiger partial charge on any atom is -0.126 e. The smallest absolute Gasteiger partial charge is 0.0145 e. The van der Waals surface area contributed by atoms with Crippen LogP contribution in [0, 0.1) is 0 Å². The van der Waals surface area contributed by atoms with Crippen LogP contribution in [-0.2, 0) is 0 Å². The summed E-state index contributed by atoms with van der Waals surface area (Å²) < 4.78 is 0. The van der Waals surface area contributed by atoms with Crippen LogP contribution in [0.2, 0.25) is 0 Å². The first kappa shape index (κ1) is 14.1. The van der Waals surface area contributed by atoms with E-state index in [0.29, 0.717) is 0 Å². The molecule has 0 nitrogen and oxygen atoms in total. The Kier molecular flexibility index (Phi) is 8.04. The van der Waals surface area contributed by atoms with Gasteiger partial charge >= 0.3 is 0 Å². The number of hydrogen-bond donors (Lipinski definition) is 0. The van der Waals surface area contributed by atoms with Crippen molar-refractivity contribution in [2.24, 2.45) is 0 Å². The van der Waals surface area contributed by atoms with Gasteiger partial charge in [0.15, 0.2) is 0 Å². The largest absolute Gasteiger partial charge is 0.126 e. The lowest BCUT2D eigenvalue weighted by molar-refractivity contribution is 0.649. The summed E-state index contributed by atoms with van der Waals surface area (Å²) in [7, 11) is 0. The van der Waals surface area contributed by atoms with Crippen LogP contribution in [0.3, 0.4) is 0 Å². The minimum atomic E-state index is 0.735. The van der Waals surface area contributed by atoms with E-state index in [0.717, 1.165) is 4.83 Å². The summed E-state index contributed by atoms with van der Waals surface area (Å²) in [4.78, 5) is 2.13. The molecule has 16 heavy (non-hydrogen) atoms. The highest BCUT2D eigenvalue weighted by Gasteiger charge is 2.01. The highest BCUT2D eigenvalue weighted by atomic mass is 79.9. The molecule has 0 aromatic heterocycles. The van der Waals surface area contributed by atoms with E-state index >= 15 is 0 Å². The SMILES string of the molecule is CCCC(Br)CCCCSc1ccccc1. The average molecular weight is 301 g/mol. The second-order valence-electron chi connectivity index (χ2n) is 4.04.